The van der Waals surface area contributed by atoms with Gasteiger partial charge in [-0.3, -0.25) is 14.8 Å². The average molecular weight is 408 g/mol. The van der Waals surface area contributed by atoms with Crippen molar-refractivity contribution in [1.82, 2.24) is 19.9 Å². The standard InChI is InChI=1S/C15H16N6O4S2/c1-7-11-14(20-15(17-7)18-8(2)22)26-13(19-11)9-5-10(21-27(4,23)24)12(25-3)16-6-9/h5-6,21H,1-4H3,(H,17,18,20,22). The quantitative estimate of drug-likeness (QED) is 0.652. The molecule has 3 aromatic rings. The molecule has 3 heterocycles. The number of carbonyl (C=O) groups is 1. The molecule has 10 nitrogen and oxygen atoms in total. The van der Waals surface area contributed by atoms with Gasteiger partial charge in [0.25, 0.3) is 0 Å². The number of aryl methyl sites for hydroxylation is 1. The maximum absolute atomic E-state index is 11.6. The third kappa shape index (κ3) is 4.28. The number of methoxy groups -OCH3 is 1. The van der Waals surface area contributed by atoms with Crippen molar-refractivity contribution >= 4 is 49.3 Å². The maximum Gasteiger partial charge on any atom is 0.238 e. The SMILES string of the molecule is COc1ncc(-c2nc3c(C)nc(NC(C)=O)nc3s2)cc1NS(C)(=O)=O. The summed E-state index contributed by atoms with van der Waals surface area (Å²) < 4.78 is 30.6. The van der Waals surface area contributed by atoms with Crippen LogP contribution >= 0.6 is 11.3 Å². The van der Waals surface area contributed by atoms with E-state index in [4.69, 9.17) is 4.74 Å². The molecule has 0 fully saturated rings. The Kier molecular flexibility index (Phi) is 4.93. The molecule has 0 saturated carbocycles. The number of nitrogens with one attached hydrogen (secondary N) is 2. The zero-order valence-electron chi connectivity index (χ0n) is 14.9. The number of rotatable bonds is 5. The van der Waals surface area contributed by atoms with Gasteiger partial charge >= 0.3 is 0 Å². The van der Waals surface area contributed by atoms with Crippen LogP contribution < -0.4 is 14.8 Å². The van der Waals surface area contributed by atoms with Crippen LogP contribution in [0.15, 0.2) is 12.3 Å². The van der Waals surface area contributed by atoms with E-state index in [2.05, 4.69) is 30.0 Å². The topological polar surface area (TPSA) is 136 Å². The monoisotopic (exact) mass is 408 g/mol. The zero-order chi connectivity index (χ0) is 19.8. The molecule has 0 aromatic carbocycles. The first-order valence-corrected chi connectivity index (χ1v) is 10.3. The van der Waals surface area contributed by atoms with Gasteiger partial charge in [0, 0.05) is 18.7 Å². The smallest absolute Gasteiger partial charge is 0.238 e. The van der Waals surface area contributed by atoms with Crippen molar-refractivity contribution < 1.29 is 17.9 Å². The van der Waals surface area contributed by atoms with Crippen LogP contribution in [0.25, 0.3) is 20.9 Å². The Morgan fingerprint density at radius 3 is 2.63 bits per heavy atom. The normalized spacial score (nSPS) is 11.4. The summed E-state index contributed by atoms with van der Waals surface area (Å²) in [6, 6.07) is 1.59. The molecule has 142 valence electrons. The van der Waals surface area contributed by atoms with Crippen LogP contribution in [0.5, 0.6) is 5.88 Å². The molecule has 0 aliphatic carbocycles. The van der Waals surface area contributed by atoms with Gasteiger partial charge in [0.15, 0.2) is 0 Å². The molecule has 0 aliphatic rings. The van der Waals surface area contributed by atoms with Gasteiger partial charge in [-0.25, -0.2) is 23.4 Å². The number of hydrogen-bond donors (Lipinski definition) is 2. The Morgan fingerprint density at radius 2 is 2.00 bits per heavy atom. The van der Waals surface area contributed by atoms with Crippen molar-refractivity contribution in [3.05, 3.63) is 18.0 Å². The van der Waals surface area contributed by atoms with Gasteiger partial charge in [-0.05, 0) is 13.0 Å². The lowest BCUT2D eigenvalue weighted by molar-refractivity contribution is -0.114. The number of anilines is 2. The lowest BCUT2D eigenvalue weighted by Gasteiger charge is -2.09. The van der Waals surface area contributed by atoms with Gasteiger partial charge in [-0.15, -0.1) is 0 Å². The van der Waals surface area contributed by atoms with E-state index in [1.165, 1.54) is 31.6 Å². The van der Waals surface area contributed by atoms with Crippen LogP contribution in [0.2, 0.25) is 0 Å². The molecule has 3 aromatic heterocycles. The summed E-state index contributed by atoms with van der Waals surface area (Å²) in [7, 11) is -2.11. The third-order valence-electron chi connectivity index (χ3n) is 3.31. The fraction of sp³-hybridized carbons (Fsp3) is 0.267. The van der Waals surface area contributed by atoms with Gasteiger partial charge in [0.2, 0.25) is 27.8 Å². The number of sulfonamides is 1. The van der Waals surface area contributed by atoms with E-state index in [0.29, 0.717) is 26.6 Å². The molecule has 0 bridgehead atoms. The minimum absolute atomic E-state index is 0.147. The second-order valence-corrected chi connectivity index (χ2v) is 8.37. The molecule has 1 amide bonds. The molecule has 27 heavy (non-hydrogen) atoms. The summed E-state index contributed by atoms with van der Waals surface area (Å²) in [5.41, 5.74) is 2.00. The second kappa shape index (κ2) is 7.04. The predicted octanol–water partition coefficient (Wildman–Crippen LogP) is 1.80. The summed E-state index contributed by atoms with van der Waals surface area (Å²) >= 11 is 1.27. The maximum atomic E-state index is 11.6. The highest BCUT2D eigenvalue weighted by molar-refractivity contribution is 7.92. The molecule has 0 atom stereocenters. The number of aromatic nitrogens is 4. The number of carbonyl (C=O) groups excluding carboxylic acids is 1. The minimum atomic E-state index is -3.51. The fourth-order valence-corrected chi connectivity index (χ4v) is 3.82. The Hall–Kier alpha value is -2.86. The first kappa shape index (κ1) is 18.9. The molecular weight excluding hydrogens is 392 g/mol. The summed E-state index contributed by atoms with van der Waals surface area (Å²) in [6.45, 7) is 3.14. The van der Waals surface area contributed by atoms with Crippen LogP contribution in [0.1, 0.15) is 12.6 Å². The Bertz CT molecular complexity index is 1140. The van der Waals surface area contributed by atoms with Gasteiger partial charge in [0.05, 0.1) is 19.1 Å². The highest BCUT2D eigenvalue weighted by Crippen LogP contribution is 2.34. The number of fused-ring (bicyclic) bond motifs is 1. The summed E-state index contributed by atoms with van der Waals surface area (Å²) in [6.07, 6.45) is 2.57. The number of amides is 1. The molecule has 0 saturated heterocycles. The van der Waals surface area contributed by atoms with Gasteiger partial charge in [-0.1, -0.05) is 11.3 Å². The Morgan fingerprint density at radius 1 is 1.26 bits per heavy atom. The lowest BCUT2D eigenvalue weighted by Crippen LogP contribution is -2.11. The van der Waals surface area contributed by atoms with Crippen molar-refractivity contribution in [1.29, 1.82) is 0 Å². The van der Waals surface area contributed by atoms with E-state index in [9.17, 15) is 13.2 Å². The molecule has 0 spiro atoms. The molecular formula is C15H16N6O4S2. The van der Waals surface area contributed by atoms with Crippen LogP contribution in [0, 0.1) is 6.92 Å². The highest BCUT2D eigenvalue weighted by Gasteiger charge is 2.16. The molecule has 0 aliphatic heterocycles. The van der Waals surface area contributed by atoms with E-state index in [-0.39, 0.29) is 23.4 Å². The lowest BCUT2D eigenvalue weighted by atomic mass is 10.2. The van der Waals surface area contributed by atoms with Crippen molar-refractivity contribution in [2.24, 2.45) is 0 Å². The first-order chi connectivity index (χ1) is 12.7. The van der Waals surface area contributed by atoms with Crippen LogP contribution in [-0.4, -0.2) is 47.6 Å². The third-order valence-corrected chi connectivity index (χ3v) is 4.90. The molecule has 0 unspecified atom stereocenters. The number of pyridine rings is 1. The van der Waals surface area contributed by atoms with Gasteiger partial charge < -0.3 is 4.74 Å². The van der Waals surface area contributed by atoms with Crippen LogP contribution in [0.4, 0.5) is 11.6 Å². The largest absolute Gasteiger partial charge is 0.480 e. The van der Waals surface area contributed by atoms with Crippen LogP contribution in [-0.2, 0) is 14.8 Å². The van der Waals surface area contributed by atoms with Crippen molar-refractivity contribution in [3.63, 3.8) is 0 Å². The summed E-state index contributed by atoms with van der Waals surface area (Å²) in [5.74, 6) is 0.0820. The summed E-state index contributed by atoms with van der Waals surface area (Å²) in [4.78, 5) is 29.0. The van der Waals surface area contributed by atoms with Crippen LogP contribution in [0.3, 0.4) is 0 Å². The number of hydrogen-bond acceptors (Lipinski definition) is 9. The molecule has 3 rings (SSSR count). The van der Waals surface area contributed by atoms with E-state index in [1.807, 2.05) is 0 Å². The molecule has 0 radical (unpaired) electrons. The highest BCUT2D eigenvalue weighted by atomic mass is 32.2. The van der Waals surface area contributed by atoms with E-state index in [1.54, 1.807) is 13.0 Å². The average Bonchev–Trinajstić information content (AvgIpc) is 2.97. The Labute approximate surface area is 159 Å². The van der Waals surface area contributed by atoms with E-state index < -0.39 is 10.0 Å². The van der Waals surface area contributed by atoms with E-state index >= 15 is 0 Å². The second-order valence-electron chi connectivity index (χ2n) is 5.64. The Balaban J connectivity index is 2.08. The molecule has 2 N–H and O–H groups in total. The van der Waals surface area contributed by atoms with E-state index in [0.717, 1.165) is 6.26 Å². The van der Waals surface area contributed by atoms with Crippen molar-refractivity contribution in [2.45, 2.75) is 13.8 Å². The summed E-state index contributed by atoms with van der Waals surface area (Å²) in [5, 5.41) is 3.13. The first-order valence-electron chi connectivity index (χ1n) is 7.61. The molecule has 12 heteroatoms. The zero-order valence-corrected chi connectivity index (χ0v) is 16.5. The number of nitrogens with zero attached hydrogens (tertiary/aromatic N) is 4. The predicted molar refractivity (Wildman–Crippen MR) is 103 cm³/mol. The number of thiazole rings is 1. The fourth-order valence-electron chi connectivity index (χ4n) is 2.30. The van der Waals surface area contributed by atoms with Gasteiger partial charge in [0.1, 0.15) is 21.0 Å². The van der Waals surface area contributed by atoms with Crippen molar-refractivity contribution in [3.8, 4) is 16.5 Å². The minimum Gasteiger partial charge on any atom is -0.480 e. The van der Waals surface area contributed by atoms with Crippen molar-refractivity contribution in [2.75, 3.05) is 23.4 Å². The number of ether oxygens (including phenoxy) is 1. The van der Waals surface area contributed by atoms with Gasteiger partial charge in [-0.2, -0.15) is 4.98 Å².